The number of amides is 1. The number of hydrogen-bond donors (Lipinski definition) is 1. The molecular weight excluding hydrogens is 343 g/mol. The number of benzene rings is 2. The predicted octanol–water partition coefficient (Wildman–Crippen LogP) is 3.25. The van der Waals surface area contributed by atoms with E-state index in [-0.39, 0.29) is 16.3 Å². The highest BCUT2D eigenvalue weighted by molar-refractivity contribution is 7.89. The number of halogens is 1. The molecule has 134 valence electrons. The van der Waals surface area contributed by atoms with Gasteiger partial charge in [0.2, 0.25) is 10.0 Å². The van der Waals surface area contributed by atoms with Gasteiger partial charge in [-0.1, -0.05) is 0 Å². The minimum Gasteiger partial charge on any atom is -0.322 e. The van der Waals surface area contributed by atoms with Gasteiger partial charge in [-0.25, -0.2) is 17.1 Å². The molecule has 0 aliphatic rings. The largest absolute Gasteiger partial charge is 0.322 e. The summed E-state index contributed by atoms with van der Waals surface area (Å²) in [5, 5.41) is 2.69. The Bertz CT molecular complexity index is 938. The highest BCUT2D eigenvalue weighted by Crippen LogP contribution is 2.24. The molecule has 0 aliphatic carbocycles. The lowest BCUT2D eigenvalue weighted by Gasteiger charge is -2.17. The number of carbonyl (C=O) groups excluding carboxylic acids is 1. The van der Waals surface area contributed by atoms with Crippen molar-refractivity contribution in [3.05, 3.63) is 58.4 Å². The van der Waals surface area contributed by atoms with Crippen molar-refractivity contribution in [1.29, 1.82) is 0 Å². The number of anilines is 1. The van der Waals surface area contributed by atoms with Crippen LogP contribution in [0.15, 0.2) is 35.2 Å². The van der Waals surface area contributed by atoms with E-state index in [4.69, 9.17) is 0 Å². The van der Waals surface area contributed by atoms with Crippen molar-refractivity contribution >= 4 is 21.6 Å². The maximum absolute atomic E-state index is 13.2. The predicted molar refractivity (Wildman–Crippen MR) is 95.9 cm³/mol. The van der Waals surface area contributed by atoms with Gasteiger partial charge in [-0.05, 0) is 67.8 Å². The van der Waals surface area contributed by atoms with Gasteiger partial charge in [-0.2, -0.15) is 0 Å². The van der Waals surface area contributed by atoms with Crippen LogP contribution in [0.5, 0.6) is 0 Å². The second-order valence-corrected chi connectivity index (χ2v) is 8.24. The maximum atomic E-state index is 13.2. The number of aryl methyl sites for hydroxylation is 2. The molecule has 7 heteroatoms. The van der Waals surface area contributed by atoms with Crippen LogP contribution in [-0.4, -0.2) is 32.7 Å². The van der Waals surface area contributed by atoms with Crippen molar-refractivity contribution in [3.8, 4) is 0 Å². The molecule has 5 nitrogen and oxygen atoms in total. The molecule has 25 heavy (non-hydrogen) atoms. The summed E-state index contributed by atoms with van der Waals surface area (Å²) in [4.78, 5) is 12.6. The number of carbonyl (C=O) groups is 1. The summed E-state index contributed by atoms with van der Waals surface area (Å²) in [6.45, 7) is 5.14. The molecule has 1 N–H and O–H groups in total. The SMILES string of the molecule is Cc1cc(F)ccc1NC(=O)c1cc(C)c(C)c(S(=O)(=O)N(C)C)c1. The fourth-order valence-electron chi connectivity index (χ4n) is 2.38. The third-order valence-corrected chi connectivity index (χ3v) is 6.02. The van der Waals surface area contributed by atoms with Crippen LogP contribution in [0.2, 0.25) is 0 Å². The lowest BCUT2D eigenvalue weighted by Crippen LogP contribution is -2.24. The Balaban J connectivity index is 2.46. The van der Waals surface area contributed by atoms with Gasteiger partial charge in [0.05, 0.1) is 4.90 Å². The monoisotopic (exact) mass is 364 g/mol. The second kappa shape index (κ2) is 6.93. The molecule has 0 spiro atoms. The van der Waals surface area contributed by atoms with E-state index in [1.165, 1.54) is 38.4 Å². The molecule has 1 amide bonds. The standard InChI is InChI=1S/C18H21FN2O3S/c1-11-8-14(10-17(13(11)3)25(23,24)21(4)5)18(22)20-16-7-6-15(19)9-12(16)2/h6-10H,1-5H3,(H,20,22). The van der Waals surface area contributed by atoms with E-state index in [0.29, 0.717) is 22.4 Å². The molecule has 2 aromatic rings. The molecule has 0 unspecified atom stereocenters. The Labute approximate surface area is 147 Å². The third-order valence-electron chi connectivity index (χ3n) is 4.08. The Morgan fingerprint density at radius 1 is 1.04 bits per heavy atom. The first-order valence-corrected chi connectivity index (χ1v) is 9.09. The molecule has 0 fully saturated rings. The average Bonchev–Trinajstić information content (AvgIpc) is 2.52. The summed E-state index contributed by atoms with van der Waals surface area (Å²) in [5.74, 6) is -0.839. The van der Waals surface area contributed by atoms with Crippen molar-refractivity contribution < 1.29 is 17.6 Å². The van der Waals surface area contributed by atoms with Gasteiger partial charge in [0, 0.05) is 25.3 Å². The molecule has 0 heterocycles. The van der Waals surface area contributed by atoms with E-state index in [0.717, 1.165) is 4.31 Å². The summed E-state index contributed by atoms with van der Waals surface area (Å²) < 4.78 is 39.3. The van der Waals surface area contributed by atoms with Gasteiger partial charge >= 0.3 is 0 Å². The molecule has 0 saturated carbocycles. The molecule has 0 bridgehead atoms. The smallest absolute Gasteiger partial charge is 0.255 e. The van der Waals surface area contributed by atoms with Gasteiger partial charge in [0.15, 0.2) is 0 Å². The van der Waals surface area contributed by atoms with Crippen molar-refractivity contribution in [2.24, 2.45) is 0 Å². The summed E-state index contributed by atoms with van der Waals surface area (Å²) in [5.41, 5.74) is 2.58. The first-order chi connectivity index (χ1) is 11.5. The molecule has 2 rings (SSSR count). The number of hydrogen-bond acceptors (Lipinski definition) is 3. The van der Waals surface area contributed by atoms with E-state index in [2.05, 4.69) is 5.32 Å². The van der Waals surface area contributed by atoms with Crippen molar-refractivity contribution in [2.45, 2.75) is 25.7 Å². The number of nitrogens with one attached hydrogen (secondary N) is 1. The zero-order valence-electron chi connectivity index (χ0n) is 14.8. The Kier molecular flexibility index (Phi) is 5.29. The van der Waals surface area contributed by atoms with Crippen LogP contribution in [0.25, 0.3) is 0 Å². The van der Waals surface area contributed by atoms with Gasteiger partial charge < -0.3 is 5.32 Å². The van der Waals surface area contributed by atoms with E-state index in [9.17, 15) is 17.6 Å². The highest BCUT2D eigenvalue weighted by Gasteiger charge is 2.23. The van der Waals surface area contributed by atoms with Crippen LogP contribution >= 0.6 is 0 Å². The Morgan fingerprint density at radius 3 is 2.24 bits per heavy atom. The fourth-order valence-corrected chi connectivity index (χ4v) is 3.60. The van der Waals surface area contributed by atoms with Crippen molar-refractivity contribution in [1.82, 2.24) is 4.31 Å². The van der Waals surface area contributed by atoms with Crippen LogP contribution < -0.4 is 5.32 Å². The van der Waals surface area contributed by atoms with Crippen LogP contribution in [0.3, 0.4) is 0 Å². The summed E-state index contributed by atoms with van der Waals surface area (Å²) in [6.07, 6.45) is 0. The van der Waals surface area contributed by atoms with Crippen molar-refractivity contribution in [3.63, 3.8) is 0 Å². The fraction of sp³-hybridized carbons (Fsp3) is 0.278. The van der Waals surface area contributed by atoms with Crippen LogP contribution in [0, 0.1) is 26.6 Å². The van der Waals surface area contributed by atoms with Crippen molar-refractivity contribution in [2.75, 3.05) is 19.4 Å². The van der Waals surface area contributed by atoms with Crippen LogP contribution in [0.1, 0.15) is 27.0 Å². The second-order valence-electron chi connectivity index (χ2n) is 6.12. The quantitative estimate of drug-likeness (QED) is 0.906. The summed E-state index contributed by atoms with van der Waals surface area (Å²) in [6, 6.07) is 7.05. The first kappa shape index (κ1) is 19.1. The summed E-state index contributed by atoms with van der Waals surface area (Å²) >= 11 is 0. The molecule has 0 radical (unpaired) electrons. The topological polar surface area (TPSA) is 66.5 Å². The normalized spacial score (nSPS) is 11.6. The van der Waals surface area contributed by atoms with E-state index in [1.807, 2.05) is 0 Å². The zero-order chi connectivity index (χ0) is 18.9. The Morgan fingerprint density at radius 2 is 1.68 bits per heavy atom. The molecule has 0 aliphatic heterocycles. The Hall–Kier alpha value is -2.25. The molecule has 2 aromatic carbocycles. The van der Waals surface area contributed by atoms with Gasteiger partial charge in [-0.15, -0.1) is 0 Å². The molecular formula is C18H21FN2O3S. The van der Waals surface area contributed by atoms with Gasteiger partial charge in [-0.3, -0.25) is 4.79 Å². The first-order valence-electron chi connectivity index (χ1n) is 7.65. The minimum atomic E-state index is -3.67. The van der Waals surface area contributed by atoms with E-state index < -0.39 is 15.9 Å². The molecule has 0 saturated heterocycles. The number of rotatable bonds is 4. The minimum absolute atomic E-state index is 0.0958. The summed E-state index contributed by atoms with van der Waals surface area (Å²) in [7, 11) is -0.783. The van der Waals surface area contributed by atoms with E-state index in [1.54, 1.807) is 26.8 Å². The van der Waals surface area contributed by atoms with Crippen LogP contribution in [0.4, 0.5) is 10.1 Å². The maximum Gasteiger partial charge on any atom is 0.255 e. The molecule has 0 aromatic heterocycles. The lowest BCUT2D eigenvalue weighted by molar-refractivity contribution is 0.102. The van der Waals surface area contributed by atoms with Gasteiger partial charge in [0.25, 0.3) is 5.91 Å². The number of sulfonamides is 1. The van der Waals surface area contributed by atoms with E-state index >= 15 is 0 Å². The van der Waals surface area contributed by atoms with Crippen LogP contribution in [-0.2, 0) is 10.0 Å². The molecule has 0 atom stereocenters. The average molecular weight is 364 g/mol. The lowest BCUT2D eigenvalue weighted by atomic mass is 10.1. The van der Waals surface area contributed by atoms with Gasteiger partial charge in [0.1, 0.15) is 5.82 Å². The number of nitrogens with zero attached hydrogens (tertiary/aromatic N) is 1. The third kappa shape index (κ3) is 3.88. The highest BCUT2D eigenvalue weighted by atomic mass is 32.2. The zero-order valence-corrected chi connectivity index (χ0v) is 15.7.